The summed E-state index contributed by atoms with van der Waals surface area (Å²) in [5.74, 6) is 0.570. The molecule has 0 unspecified atom stereocenters. The fourth-order valence-corrected chi connectivity index (χ4v) is 5.70. The van der Waals surface area contributed by atoms with Crippen molar-refractivity contribution in [3.8, 4) is 17.0 Å². The van der Waals surface area contributed by atoms with Gasteiger partial charge in [0.15, 0.2) is 0 Å². The number of ether oxygens (including phenoxy) is 1. The lowest BCUT2D eigenvalue weighted by Crippen LogP contribution is -2.38. The van der Waals surface area contributed by atoms with Crippen molar-refractivity contribution >= 4 is 45.8 Å². The average Bonchev–Trinajstić information content (AvgIpc) is 3.68. The molecule has 0 spiro atoms. The molecule has 0 saturated carbocycles. The van der Waals surface area contributed by atoms with Gasteiger partial charge in [-0.15, -0.1) is 11.3 Å². The van der Waals surface area contributed by atoms with Crippen LogP contribution in [0.2, 0.25) is 0 Å². The Morgan fingerprint density at radius 1 is 1.09 bits per heavy atom. The third-order valence-electron chi connectivity index (χ3n) is 7.32. The minimum absolute atomic E-state index is 0.101. The molecule has 45 heavy (non-hydrogen) atoms. The second-order valence-electron chi connectivity index (χ2n) is 10.9. The van der Waals surface area contributed by atoms with Crippen LogP contribution in [0.25, 0.3) is 16.8 Å². The molecule has 3 aromatic heterocycles. The van der Waals surface area contributed by atoms with E-state index in [1.807, 2.05) is 87.2 Å². The number of carbonyl (C=O) groups is 1. The van der Waals surface area contributed by atoms with Crippen molar-refractivity contribution in [1.82, 2.24) is 14.5 Å². The second-order valence-corrected chi connectivity index (χ2v) is 12.0. The molecule has 2 N–H and O–H groups in total. The van der Waals surface area contributed by atoms with Gasteiger partial charge < -0.3 is 25.2 Å². The number of nitrogens with zero attached hydrogens (tertiary/aromatic N) is 5. The lowest BCUT2D eigenvalue weighted by Gasteiger charge is -2.28. The first kappa shape index (κ1) is 30.0. The quantitative estimate of drug-likeness (QED) is 0.186. The van der Waals surface area contributed by atoms with Gasteiger partial charge in [0.05, 0.1) is 23.3 Å². The Balaban J connectivity index is 1.33. The molecular weight excluding hydrogens is 589 g/mol. The normalized spacial score (nSPS) is 12.9. The van der Waals surface area contributed by atoms with Gasteiger partial charge in [0, 0.05) is 47.7 Å². The number of hydrogen-bond acceptors (Lipinski definition) is 8. The van der Waals surface area contributed by atoms with Crippen LogP contribution < -0.4 is 20.3 Å². The van der Waals surface area contributed by atoms with Crippen LogP contribution in [0.1, 0.15) is 10.4 Å². The number of guanidine groups is 1. The van der Waals surface area contributed by atoms with E-state index in [2.05, 4.69) is 20.4 Å². The molecule has 4 heterocycles. The Kier molecular flexibility index (Phi) is 8.90. The van der Waals surface area contributed by atoms with E-state index in [0.717, 1.165) is 39.6 Å². The third kappa shape index (κ3) is 6.89. The third-order valence-corrected chi connectivity index (χ3v) is 8.20. The fourth-order valence-electron chi connectivity index (χ4n) is 5.00. The molecule has 0 aliphatic carbocycles. The summed E-state index contributed by atoms with van der Waals surface area (Å²) in [5.41, 5.74) is 4.93. The van der Waals surface area contributed by atoms with Crippen molar-refractivity contribution in [3.05, 3.63) is 107 Å². The number of aromatic nitrogens is 2. The Hall–Kier alpha value is -5.00. The number of aliphatic imine (C=N–C) groups is 1. The molecule has 1 amide bonds. The van der Waals surface area contributed by atoms with Crippen molar-refractivity contribution < 1.29 is 13.9 Å². The van der Waals surface area contributed by atoms with Gasteiger partial charge in [0.25, 0.3) is 0 Å². The molecule has 5 aromatic rings. The maximum Gasteiger partial charge on any atom is 0.229 e. The molecular formula is C34H34FN7O2S. The van der Waals surface area contributed by atoms with Crippen molar-refractivity contribution in [2.75, 3.05) is 49.3 Å². The number of aryl methyl sites for hydroxylation is 1. The topological polar surface area (TPSA) is 86.5 Å². The number of nitrogens with one attached hydrogen (secondary N) is 2. The number of halogens is 1. The molecule has 6 rings (SSSR count). The van der Waals surface area contributed by atoms with E-state index in [1.165, 1.54) is 17.4 Å². The molecule has 0 fully saturated rings. The number of anilines is 3. The van der Waals surface area contributed by atoms with Gasteiger partial charge in [-0.3, -0.25) is 4.79 Å². The zero-order valence-corrected chi connectivity index (χ0v) is 26.1. The molecule has 2 aromatic carbocycles. The van der Waals surface area contributed by atoms with Crippen molar-refractivity contribution in [3.63, 3.8) is 0 Å². The number of fused-ring (bicyclic) bond motifs is 1. The number of carbonyl (C=O) groups excluding carboxylic acids is 1. The summed E-state index contributed by atoms with van der Waals surface area (Å²) < 4.78 is 22.8. The van der Waals surface area contributed by atoms with E-state index < -0.39 is 5.82 Å². The summed E-state index contributed by atoms with van der Waals surface area (Å²) in [4.78, 5) is 22.5. The monoisotopic (exact) mass is 623 g/mol. The minimum atomic E-state index is -0.517. The Morgan fingerprint density at radius 3 is 2.80 bits per heavy atom. The largest absolute Gasteiger partial charge is 0.492 e. The maximum absolute atomic E-state index is 15.0. The number of amides is 1. The lowest BCUT2D eigenvalue weighted by atomic mass is 10.1. The lowest BCUT2D eigenvalue weighted by molar-refractivity contribution is -0.115. The fraction of sp³-hybridized carbons (Fsp3) is 0.206. The summed E-state index contributed by atoms with van der Waals surface area (Å²) in [5, 5.41) is 13.1. The van der Waals surface area contributed by atoms with Crippen LogP contribution in [0.4, 0.5) is 21.5 Å². The smallest absolute Gasteiger partial charge is 0.229 e. The summed E-state index contributed by atoms with van der Waals surface area (Å²) in [6, 6.07) is 20.3. The van der Waals surface area contributed by atoms with E-state index in [1.54, 1.807) is 22.8 Å². The molecule has 0 bridgehead atoms. The molecule has 0 saturated heterocycles. The van der Waals surface area contributed by atoms with Crippen LogP contribution in [0.15, 0.2) is 95.6 Å². The number of hydrogen-bond donors (Lipinski definition) is 2. The standard InChI is InChI=1S/C34H34FN7O2S/c1-23-10-12-25(44-18-17-40(2)3)21-28(23)38-34-36-14-7-15-41(34)33-30-9-4-5-16-42(30)39-32(33)24-11-13-27(35)29(20-24)37-31(43)22-26-8-6-19-45-26/h4-14,16,19-21H,15,17-18,22H2,1-3H3,(H,36,38)(H,37,43). The van der Waals surface area contributed by atoms with E-state index in [0.29, 0.717) is 30.4 Å². The number of benzene rings is 2. The maximum atomic E-state index is 15.0. The summed E-state index contributed by atoms with van der Waals surface area (Å²) >= 11 is 1.49. The molecule has 9 nitrogen and oxygen atoms in total. The molecule has 0 radical (unpaired) electrons. The van der Waals surface area contributed by atoms with Crippen molar-refractivity contribution in [2.45, 2.75) is 13.3 Å². The number of pyridine rings is 1. The van der Waals surface area contributed by atoms with Crippen LogP contribution in [0, 0.1) is 12.7 Å². The van der Waals surface area contributed by atoms with Gasteiger partial charge in [-0.25, -0.2) is 13.9 Å². The van der Waals surface area contributed by atoms with Crippen LogP contribution in [0.3, 0.4) is 0 Å². The van der Waals surface area contributed by atoms with Crippen LogP contribution in [0.5, 0.6) is 5.75 Å². The SMILES string of the molecule is Cc1ccc(OCCN(C)C)cc1NC1=NC=CCN1c1c(-c2ccc(F)c(NC(=O)Cc3cccs3)c2)nn2ccccc12. The highest BCUT2D eigenvalue weighted by Crippen LogP contribution is 2.37. The van der Waals surface area contributed by atoms with E-state index in [-0.39, 0.29) is 18.0 Å². The highest BCUT2D eigenvalue weighted by atomic mass is 32.1. The summed E-state index contributed by atoms with van der Waals surface area (Å²) in [6.45, 7) is 3.94. The first-order valence-electron chi connectivity index (χ1n) is 14.6. The van der Waals surface area contributed by atoms with E-state index in [9.17, 15) is 9.18 Å². The van der Waals surface area contributed by atoms with Crippen LogP contribution in [-0.2, 0) is 11.2 Å². The Labute approximate surface area is 265 Å². The predicted octanol–water partition coefficient (Wildman–Crippen LogP) is 6.43. The zero-order chi connectivity index (χ0) is 31.3. The van der Waals surface area contributed by atoms with Crippen molar-refractivity contribution in [2.24, 2.45) is 4.99 Å². The van der Waals surface area contributed by atoms with Gasteiger partial charge in [0.2, 0.25) is 11.9 Å². The van der Waals surface area contributed by atoms with Crippen LogP contribution in [-0.4, -0.2) is 60.2 Å². The number of likely N-dealkylation sites (N-methyl/N-ethyl adjacent to an activating group) is 1. The Bertz CT molecular complexity index is 1880. The highest BCUT2D eigenvalue weighted by molar-refractivity contribution is 7.10. The summed E-state index contributed by atoms with van der Waals surface area (Å²) in [6.07, 6.45) is 5.79. The van der Waals surface area contributed by atoms with E-state index >= 15 is 0 Å². The predicted molar refractivity (Wildman–Crippen MR) is 180 cm³/mol. The molecule has 1 aliphatic heterocycles. The molecule has 230 valence electrons. The average molecular weight is 624 g/mol. The molecule has 1 aliphatic rings. The highest BCUT2D eigenvalue weighted by Gasteiger charge is 2.26. The first-order valence-corrected chi connectivity index (χ1v) is 15.5. The van der Waals surface area contributed by atoms with Gasteiger partial charge in [-0.2, -0.15) is 5.10 Å². The summed E-state index contributed by atoms with van der Waals surface area (Å²) in [7, 11) is 4.03. The number of thiophene rings is 1. The zero-order valence-electron chi connectivity index (χ0n) is 25.3. The van der Waals surface area contributed by atoms with Gasteiger partial charge in [-0.05, 0) is 80.5 Å². The molecule has 0 atom stereocenters. The van der Waals surface area contributed by atoms with Crippen molar-refractivity contribution in [1.29, 1.82) is 0 Å². The van der Waals surface area contributed by atoms with Crippen LogP contribution >= 0.6 is 11.3 Å². The van der Waals surface area contributed by atoms with Gasteiger partial charge in [-0.1, -0.05) is 18.2 Å². The van der Waals surface area contributed by atoms with Gasteiger partial charge >= 0.3 is 0 Å². The minimum Gasteiger partial charge on any atom is -0.492 e. The Morgan fingerprint density at radius 2 is 1.98 bits per heavy atom. The molecule has 11 heteroatoms. The van der Waals surface area contributed by atoms with E-state index in [4.69, 9.17) is 14.8 Å². The number of rotatable bonds is 10. The second kappa shape index (κ2) is 13.3. The first-order chi connectivity index (χ1) is 21.9. The van der Waals surface area contributed by atoms with Gasteiger partial charge in [0.1, 0.15) is 23.9 Å².